The van der Waals surface area contributed by atoms with Gasteiger partial charge in [0, 0.05) is 30.1 Å². The molecule has 1 aromatic rings. The van der Waals surface area contributed by atoms with Crippen molar-refractivity contribution in [3.63, 3.8) is 0 Å². The number of amides is 1. The number of hydrogen-bond acceptors (Lipinski definition) is 3. The lowest BCUT2D eigenvalue weighted by Crippen LogP contribution is -2.44. The highest BCUT2D eigenvalue weighted by atomic mass is 79.9. The average molecular weight is 341 g/mol. The molecule has 1 aliphatic rings. The maximum Gasteiger partial charge on any atom is 0.409 e. The predicted molar refractivity (Wildman–Crippen MR) is 82.6 cm³/mol. The van der Waals surface area contributed by atoms with Crippen molar-refractivity contribution in [2.75, 3.05) is 19.7 Å². The number of hydrogen-bond donors (Lipinski definition) is 1. The van der Waals surface area contributed by atoms with Crippen molar-refractivity contribution >= 4 is 22.0 Å². The molecule has 1 amide bonds. The Hall–Kier alpha value is -1.07. The van der Waals surface area contributed by atoms with Crippen molar-refractivity contribution in [2.45, 2.75) is 32.4 Å². The molecular weight excluding hydrogens is 320 g/mol. The Kier molecular flexibility index (Phi) is 5.86. The third-order valence-corrected chi connectivity index (χ3v) is 4.00. The molecule has 0 spiro atoms. The fourth-order valence-electron chi connectivity index (χ4n) is 2.39. The highest BCUT2D eigenvalue weighted by Gasteiger charge is 2.22. The Balaban J connectivity index is 1.73. The number of nitrogens with zero attached hydrogens (tertiary/aromatic N) is 1. The molecule has 0 radical (unpaired) electrons. The summed E-state index contributed by atoms with van der Waals surface area (Å²) in [6.07, 6.45) is 1.78. The van der Waals surface area contributed by atoms with Crippen LogP contribution < -0.4 is 5.32 Å². The number of carbonyl (C=O) groups excluding carboxylic acids is 1. The van der Waals surface area contributed by atoms with E-state index in [1.54, 1.807) is 4.90 Å². The number of carbonyl (C=O) groups is 1. The SMILES string of the molecule is CCOC(=O)N1CCC(NCc2cccc(Br)c2)CC1. The summed E-state index contributed by atoms with van der Waals surface area (Å²) < 4.78 is 6.13. The van der Waals surface area contributed by atoms with E-state index in [0.29, 0.717) is 12.6 Å². The minimum atomic E-state index is -0.182. The van der Waals surface area contributed by atoms with Gasteiger partial charge >= 0.3 is 6.09 Å². The van der Waals surface area contributed by atoms with E-state index in [0.717, 1.165) is 36.9 Å². The van der Waals surface area contributed by atoms with Gasteiger partial charge < -0.3 is 15.0 Å². The fourth-order valence-corrected chi connectivity index (χ4v) is 2.84. The summed E-state index contributed by atoms with van der Waals surface area (Å²) in [6.45, 7) is 4.69. The number of rotatable bonds is 4. The second kappa shape index (κ2) is 7.64. The summed E-state index contributed by atoms with van der Waals surface area (Å²) >= 11 is 3.48. The lowest BCUT2D eigenvalue weighted by atomic mass is 10.0. The molecule has 1 N–H and O–H groups in total. The van der Waals surface area contributed by atoms with Gasteiger partial charge in [0.15, 0.2) is 0 Å². The predicted octanol–water partition coefficient (Wildman–Crippen LogP) is 3.16. The summed E-state index contributed by atoms with van der Waals surface area (Å²) in [5.74, 6) is 0. The maximum absolute atomic E-state index is 11.6. The quantitative estimate of drug-likeness (QED) is 0.915. The van der Waals surface area contributed by atoms with Gasteiger partial charge in [0.1, 0.15) is 0 Å². The Morgan fingerprint density at radius 2 is 2.20 bits per heavy atom. The number of likely N-dealkylation sites (tertiary alicyclic amines) is 1. The lowest BCUT2D eigenvalue weighted by Gasteiger charge is -2.31. The Labute approximate surface area is 128 Å². The maximum atomic E-state index is 11.6. The summed E-state index contributed by atoms with van der Waals surface area (Å²) in [7, 11) is 0. The molecule has 0 aromatic heterocycles. The van der Waals surface area contributed by atoms with E-state index in [1.165, 1.54) is 5.56 Å². The van der Waals surface area contributed by atoms with Gasteiger partial charge in [-0.1, -0.05) is 28.1 Å². The largest absolute Gasteiger partial charge is 0.450 e. The molecule has 1 fully saturated rings. The van der Waals surface area contributed by atoms with Gasteiger partial charge in [0.25, 0.3) is 0 Å². The number of nitrogens with one attached hydrogen (secondary N) is 1. The van der Waals surface area contributed by atoms with Gasteiger partial charge in [-0.05, 0) is 37.5 Å². The second-order valence-corrected chi connectivity index (χ2v) is 5.89. The highest BCUT2D eigenvalue weighted by Crippen LogP contribution is 2.14. The number of halogens is 1. The normalized spacial score (nSPS) is 16.2. The van der Waals surface area contributed by atoms with Crippen LogP contribution in [0.5, 0.6) is 0 Å². The van der Waals surface area contributed by atoms with Gasteiger partial charge in [0.2, 0.25) is 0 Å². The van der Waals surface area contributed by atoms with Crippen LogP contribution in [0.2, 0.25) is 0 Å². The van der Waals surface area contributed by atoms with E-state index in [9.17, 15) is 4.79 Å². The van der Waals surface area contributed by atoms with Crippen LogP contribution in [-0.2, 0) is 11.3 Å². The number of ether oxygens (including phenoxy) is 1. The minimum Gasteiger partial charge on any atom is -0.450 e. The van der Waals surface area contributed by atoms with E-state index in [-0.39, 0.29) is 6.09 Å². The van der Waals surface area contributed by atoms with Crippen molar-refractivity contribution in [2.24, 2.45) is 0 Å². The second-order valence-electron chi connectivity index (χ2n) is 4.97. The van der Waals surface area contributed by atoms with Crippen LogP contribution >= 0.6 is 15.9 Å². The molecule has 0 saturated carbocycles. The topological polar surface area (TPSA) is 41.6 Å². The van der Waals surface area contributed by atoms with Crippen molar-refractivity contribution in [3.8, 4) is 0 Å². The van der Waals surface area contributed by atoms with Gasteiger partial charge in [-0.15, -0.1) is 0 Å². The van der Waals surface area contributed by atoms with Crippen molar-refractivity contribution in [1.29, 1.82) is 0 Å². The molecule has 0 atom stereocenters. The molecule has 110 valence electrons. The molecule has 5 heteroatoms. The summed E-state index contributed by atoms with van der Waals surface area (Å²) in [4.78, 5) is 13.4. The molecule has 0 unspecified atom stereocenters. The first-order chi connectivity index (χ1) is 9.69. The molecule has 4 nitrogen and oxygen atoms in total. The van der Waals surface area contributed by atoms with Crippen LogP contribution in [0.1, 0.15) is 25.3 Å². The van der Waals surface area contributed by atoms with Gasteiger partial charge in [-0.2, -0.15) is 0 Å². The van der Waals surface area contributed by atoms with Crippen molar-refractivity contribution < 1.29 is 9.53 Å². The van der Waals surface area contributed by atoms with Crippen LogP contribution in [0.25, 0.3) is 0 Å². The summed E-state index contributed by atoms with van der Waals surface area (Å²) in [5.41, 5.74) is 1.27. The van der Waals surface area contributed by atoms with Crippen LogP contribution in [0, 0.1) is 0 Å². The third-order valence-electron chi connectivity index (χ3n) is 3.50. The van der Waals surface area contributed by atoms with Crippen LogP contribution in [-0.4, -0.2) is 36.7 Å². The van der Waals surface area contributed by atoms with Crippen LogP contribution in [0.4, 0.5) is 4.79 Å². The van der Waals surface area contributed by atoms with E-state index < -0.39 is 0 Å². The minimum absolute atomic E-state index is 0.182. The first kappa shape index (κ1) is 15.3. The highest BCUT2D eigenvalue weighted by molar-refractivity contribution is 9.10. The van der Waals surface area contributed by atoms with E-state index >= 15 is 0 Å². The molecular formula is C15H21BrN2O2. The van der Waals surface area contributed by atoms with Crippen LogP contribution in [0.3, 0.4) is 0 Å². The summed E-state index contributed by atoms with van der Waals surface area (Å²) in [6, 6.07) is 8.79. The third kappa shape index (κ3) is 4.49. The van der Waals surface area contributed by atoms with E-state index in [4.69, 9.17) is 4.74 Å². The zero-order chi connectivity index (χ0) is 14.4. The smallest absolute Gasteiger partial charge is 0.409 e. The lowest BCUT2D eigenvalue weighted by molar-refractivity contribution is 0.0950. The number of piperidine rings is 1. The average Bonchev–Trinajstić information content (AvgIpc) is 2.46. The van der Waals surface area contributed by atoms with Gasteiger partial charge in [-0.3, -0.25) is 0 Å². The zero-order valence-electron chi connectivity index (χ0n) is 11.8. The van der Waals surface area contributed by atoms with Crippen molar-refractivity contribution in [1.82, 2.24) is 10.2 Å². The monoisotopic (exact) mass is 340 g/mol. The first-order valence-electron chi connectivity index (χ1n) is 7.08. The fraction of sp³-hybridized carbons (Fsp3) is 0.533. The molecule has 1 aromatic carbocycles. The van der Waals surface area contributed by atoms with Crippen LogP contribution in [0.15, 0.2) is 28.7 Å². The Morgan fingerprint density at radius 1 is 1.45 bits per heavy atom. The molecule has 1 heterocycles. The molecule has 1 aliphatic heterocycles. The molecule has 20 heavy (non-hydrogen) atoms. The molecule has 1 saturated heterocycles. The first-order valence-corrected chi connectivity index (χ1v) is 7.88. The number of benzene rings is 1. The Morgan fingerprint density at radius 3 is 2.85 bits per heavy atom. The van der Waals surface area contributed by atoms with Crippen molar-refractivity contribution in [3.05, 3.63) is 34.3 Å². The zero-order valence-corrected chi connectivity index (χ0v) is 13.4. The standard InChI is InChI=1S/C15H21BrN2O2/c1-2-20-15(19)18-8-6-14(7-9-18)17-11-12-4-3-5-13(16)10-12/h3-5,10,14,17H,2,6-9,11H2,1H3. The van der Waals surface area contributed by atoms with Gasteiger partial charge in [0.05, 0.1) is 6.61 Å². The molecule has 2 rings (SSSR count). The van der Waals surface area contributed by atoms with Gasteiger partial charge in [-0.25, -0.2) is 4.79 Å². The van der Waals surface area contributed by atoms with E-state index in [2.05, 4.69) is 33.4 Å². The summed E-state index contributed by atoms with van der Waals surface area (Å²) in [5, 5.41) is 3.56. The Bertz CT molecular complexity index is 445. The van der Waals surface area contributed by atoms with E-state index in [1.807, 2.05) is 19.1 Å². The molecule has 0 bridgehead atoms. The molecule has 0 aliphatic carbocycles.